The molecule has 1 rings (SSSR count). The SMILES string of the molecule is CC(C)C(C)NS(=O)(=O)c1ccccc1C(F)(F)F. The molecule has 1 atom stereocenters. The van der Waals surface area contributed by atoms with E-state index in [1.54, 1.807) is 20.8 Å². The van der Waals surface area contributed by atoms with E-state index in [0.29, 0.717) is 0 Å². The van der Waals surface area contributed by atoms with Crippen LogP contribution in [0.15, 0.2) is 29.2 Å². The lowest BCUT2D eigenvalue weighted by atomic mass is 10.1. The first-order valence-corrected chi connectivity index (χ1v) is 7.22. The Morgan fingerprint density at radius 3 is 2.11 bits per heavy atom. The Bertz CT molecular complexity index is 538. The highest BCUT2D eigenvalue weighted by Crippen LogP contribution is 2.33. The van der Waals surface area contributed by atoms with Gasteiger partial charge in [0.15, 0.2) is 0 Å². The minimum absolute atomic E-state index is 0.0205. The maximum Gasteiger partial charge on any atom is 0.417 e. The van der Waals surface area contributed by atoms with Crippen molar-refractivity contribution in [2.75, 3.05) is 0 Å². The van der Waals surface area contributed by atoms with E-state index < -0.39 is 32.7 Å². The lowest BCUT2D eigenvalue weighted by Crippen LogP contribution is -2.37. The number of hydrogen-bond acceptors (Lipinski definition) is 2. The Morgan fingerprint density at radius 1 is 1.11 bits per heavy atom. The van der Waals surface area contributed by atoms with E-state index in [-0.39, 0.29) is 5.92 Å². The molecule has 0 aliphatic carbocycles. The van der Waals surface area contributed by atoms with Crippen LogP contribution < -0.4 is 4.72 Å². The third kappa shape index (κ3) is 3.94. The van der Waals surface area contributed by atoms with Gasteiger partial charge in [0.1, 0.15) is 0 Å². The molecule has 7 heteroatoms. The zero-order valence-electron chi connectivity index (χ0n) is 10.8. The predicted octanol–water partition coefficient (Wildman–Crippen LogP) is 3.03. The molecule has 3 nitrogen and oxygen atoms in total. The summed E-state index contributed by atoms with van der Waals surface area (Å²) in [5.74, 6) is -0.0205. The highest BCUT2D eigenvalue weighted by atomic mass is 32.2. The number of nitrogens with one attached hydrogen (secondary N) is 1. The average molecular weight is 295 g/mol. The number of benzene rings is 1. The fourth-order valence-electron chi connectivity index (χ4n) is 1.38. The summed E-state index contributed by atoms with van der Waals surface area (Å²) in [4.78, 5) is -0.741. The molecule has 108 valence electrons. The predicted molar refractivity (Wildman–Crippen MR) is 66.1 cm³/mol. The van der Waals surface area contributed by atoms with Crippen molar-refractivity contribution >= 4 is 10.0 Å². The summed E-state index contributed by atoms with van der Waals surface area (Å²) in [7, 11) is -4.19. The molecule has 0 aliphatic rings. The van der Waals surface area contributed by atoms with Crippen LogP contribution in [0.3, 0.4) is 0 Å². The van der Waals surface area contributed by atoms with E-state index >= 15 is 0 Å². The molecule has 0 amide bonds. The van der Waals surface area contributed by atoms with E-state index in [9.17, 15) is 21.6 Å². The summed E-state index contributed by atoms with van der Waals surface area (Å²) in [6, 6.07) is 3.69. The topological polar surface area (TPSA) is 46.2 Å². The fraction of sp³-hybridized carbons (Fsp3) is 0.500. The summed E-state index contributed by atoms with van der Waals surface area (Å²) >= 11 is 0. The zero-order chi connectivity index (χ0) is 14.8. The summed E-state index contributed by atoms with van der Waals surface area (Å²) in [5, 5.41) is 0. The van der Waals surface area contributed by atoms with Crippen LogP contribution in [0.1, 0.15) is 26.3 Å². The average Bonchev–Trinajstić information content (AvgIpc) is 2.27. The highest BCUT2D eigenvalue weighted by molar-refractivity contribution is 7.89. The van der Waals surface area contributed by atoms with Gasteiger partial charge in [0.2, 0.25) is 10.0 Å². The second kappa shape index (κ2) is 5.50. The quantitative estimate of drug-likeness (QED) is 0.928. The van der Waals surface area contributed by atoms with Crippen LogP contribution in [0.4, 0.5) is 13.2 Å². The summed E-state index contributed by atoms with van der Waals surface area (Å²) in [6.07, 6.45) is -4.70. The summed E-state index contributed by atoms with van der Waals surface area (Å²) < 4.78 is 64.6. The Hall–Kier alpha value is -1.08. The molecule has 0 saturated carbocycles. The fourth-order valence-corrected chi connectivity index (χ4v) is 3.00. The van der Waals surface area contributed by atoms with Gasteiger partial charge in [0, 0.05) is 6.04 Å². The van der Waals surface area contributed by atoms with Crippen molar-refractivity contribution in [3.05, 3.63) is 29.8 Å². The Morgan fingerprint density at radius 2 is 1.63 bits per heavy atom. The van der Waals surface area contributed by atoms with Gasteiger partial charge in [-0.05, 0) is 25.0 Å². The number of alkyl halides is 3. The smallest absolute Gasteiger partial charge is 0.208 e. The van der Waals surface area contributed by atoms with Crippen molar-refractivity contribution in [1.82, 2.24) is 4.72 Å². The first-order chi connectivity index (χ1) is 8.55. The van der Waals surface area contributed by atoms with E-state index in [1.165, 1.54) is 6.07 Å². The molecule has 0 saturated heterocycles. The second-order valence-corrected chi connectivity index (χ2v) is 6.33. The molecule has 0 fully saturated rings. The first-order valence-electron chi connectivity index (χ1n) is 5.74. The van der Waals surface area contributed by atoms with Gasteiger partial charge >= 0.3 is 6.18 Å². The Kier molecular flexibility index (Phi) is 4.63. The van der Waals surface area contributed by atoms with Crippen molar-refractivity contribution in [2.24, 2.45) is 5.92 Å². The van der Waals surface area contributed by atoms with E-state index in [2.05, 4.69) is 4.72 Å². The van der Waals surface area contributed by atoms with Gasteiger partial charge in [-0.25, -0.2) is 13.1 Å². The van der Waals surface area contributed by atoms with E-state index in [1.807, 2.05) is 0 Å². The third-order valence-electron chi connectivity index (χ3n) is 2.82. The molecule has 1 N–H and O–H groups in total. The second-order valence-electron chi connectivity index (χ2n) is 4.65. The number of hydrogen-bond donors (Lipinski definition) is 1. The van der Waals surface area contributed by atoms with E-state index in [0.717, 1.165) is 18.2 Å². The molecule has 0 aromatic heterocycles. The van der Waals surface area contributed by atoms with Gasteiger partial charge < -0.3 is 0 Å². The molecule has 0 radical (unpaired) electrons. The van der Waals surface area contributed by atoms with Crippen molar-refractivity contribution < 1.29 is 21.6 Å². The molecule has 0 spiro atoms. The van der Waals surface area contributed by atoms with Gasteiger partial charge in [0.05, 0.1) is 10.5 Å². The minimum Gasteiger partial charge on any atom is -0.208 e. The molecule has 19 heavy (non-hydrogen) atoms. The number of halogens is 3. The van der Waals surface area contributed by atoms with Gasteiger partial charge in [-0.1, -0.05) is 26.0 Å². The molecule has 0 aliphatic heterocycles. The standard InChI is InChI=1S/C12H16F3NO2S/c1-8(2)9(3)16-19(17,18)11-7-5-4-6-10(11)12(13,14)15/h4-9,16H,1-3H3. The molecular weight excluding hydrogens is 279 g/mol. The zero-order valence-corrected chi connectivity index (χ0v) is 11.6. The van der Waals surface area contributed by atoms with E-state index in [4.69, 9.17) is 0 Å². The van der Waals surface area contributed by atoms with Crippen LogP contribution in [0.5, 0.6) is 0 Å². The normalized spacial score (nSPS) is 14.7. The summed E-state index contributed by atoms with van der Waals surface area (Å²) in [5.41, 5.74) is -1.15. The number of sulfonamides is 1. The number of rotatable bonds is 4. The summed E-state index contributed by atoms with van der Waals surface area (Å²) in [6.45, 7) is 5.17. The maximum absolute atomic E-state index is 12.8. The van der Waals surface area contributed by atoms with Crippen LogP contribution in [0.25, 0.3) is 0 Å². The van der Waals surface area contributed by atoms with Crippen LogP contribution in [0, 0.1) is 5.92 Å². The van der Waals surface area contributed by atoms with Crippen LogP contribution >= 0.6 is 0 Å². The van der Waals surface area contributed by atoms with Crippen LogP contribution in [-0.2, 0) is 16.2 Å². The Labute approximate surface area is 110 Å². The van der Waals surface area contributed by atoms with Crippen molar-refractivity contribution in [3.63, 3.8) is 0 Å². The van der Waals surface area contributed by atoms with Crippen molar-refractivity contribution in [2.45, 2.75) is 37.9 Å². The molecular formula is C12H16F3NO2S. The van der Waals surface area contributed by atoms with Gasteiger partial charge in [0.25, 0.3) is 0 Å². The van der Waals surface area contributed by atoms with Gasteiger partial charge in [-0.15, -0.1) is 0 Å². The van der Waals surface area contributed by atoms with Crippen molar-refractivity contribution in [1.29, 1.82) is 0 Å². The van der Waals surface area contributed by atoms with Gasteiger partial charge in [-0.2, -0.15) is 13.2 Å². The largest absolute Gasteiger partial charge is 0.417 e. The molecule has 0 bridgehead atoms. The molecule has 0 heterocycles. The first kappa shape index (κ1) is 16.0. The van der Waals surface area contributed by atoms with Gasteiger partial charge in [-0.3, -0.25) is 0 Å². The lowest BCUT2D eigenvalue weighted by molar-refractivity contribution is -0.139. The monoisotopic (exact) mass is 295 g/mol. The minimum atomic E-state index is -4.70. The lowest BCUT2D eigenvalue weighted by Gasteiger charge is -2.19. The maximum atomic E-state index is 12.8. The molecule has 1 aromatic carbocycles. The van der Waals surface area contributed by atoms with Crippen LogP contribution in [-0.4, -0.2) is 14.5 Å². The Balaban J connectivity index is 3.23. The van der Waals surface area contributed by atoms with Crippen LogP contribution in [0.2, 0.25) is 0 Å². The highest BCUT2D eigenvalue weighted by Gasteiger charge is 2.37. The molecule has 1 aromatic rings. The van der Waals surface area contributed by atoms with Crippen molar-refractivity contribution in [3.8, 4) is 0 Å². The third-order valence-corrected chi connectivity index (χ3v) is 4.44. The molecule has 1 unspecified atom stereocenters.